The molecule has 4 nitrogen and oxygen atoms in total. The monoisotopic (exact) mass is 225 g/mol. The number of hydrogen-bond donors (Lipinski definition) is 2. The topological polar surface area (TPSA) is 58.4 Å². The third-order valence-corrected chi connectivity index (χ3v) is 2.17. The number of hydrogen-bond acceptors (Lipinski definition) is 3. The van der Waals surface area contributed by atoms with Gasteiger partial charge in [0.25, 0.3) is 0 Å². The molecule has 88 valence electrons. The fourth-order valence-corrected chi connectivity index (χ4v) is 1.21. The highest BCUT2D eigenvalue weighted by Gasteiger charge is 2.04. The van der Waals surface area contributed by atoms with E-state index in [-0.39, 0.29) is 11.7 Å². The van der Waals surface area contributed by atoms with Gasteiger partial charge in [-0.15, -0.1) is 0 Å². The smallest absolute Gasteiger partial charge is 0.223 e. The lowest BCUT2D eigenvalue weighted by Gasteiger charge is -2.12. The number of nitrogens with zero attached hydrogens (tertiary/aromatic N) is 1. The van der Waals surface area contributed by atoms with E-state index in [4.69, 9.17) is 5.73 Å². The first-order chi connectivity index (χ1) is 7.50. The highest BCUT2D eigenvalue weighted by molar-refractivity contribution is 5.76. The number of nitrogens with two attached hydrogens (primary N) is 1. The standard InChI is InChI=1S/C11H16FN3O/c1-15(2)11(16)5-6-14-10-7-8(12)3-4-9(10)13/h3-4,7,14H,5-6,13H2,1-2H3. The molecule has 0 atom stereocenters. The van der Waals surface area contributed by atoms with Gasteiger partial charge in [0, 0.05) is 27.1 Å². The third-order valence-electron chi connectivity index (χ3n) is 2.17. The first-order valence-electron chi connectivity index (χ1n) is 4.99. The zero-order valence-electron chi connectivity index (χ0n) is 9.46. The Morgan fingerprint density at radius 2 is 2.19 bits per heavy atom. The normalized spacial score (nSPS) is 9.94. The van der Waals surface area contributed by atoms with Crippen LogP contribution in [-0.4, -0.2) is 31.4 Å². The van der Waals surface area contributed by atoms with Gasteiger partial charge in [0.1, 0.15) is 5.82 Å². The van der Waals surface area contributed by atoms with Crippen molar-refractivity contribution in [2.45, 2.75) is 6.42 Å². The van der Waals surface area contributed by atoms with Crippen LogP contribution in [0.2, 0.25) is 0 Å². The van der Waals surface area contributed by atoms with Crippen LogP contribution in [0.4, 0.5) is 15.8 Å². The molecule has 0 fully saturated rings. The number of carbonyl (C=O) groups excluding carboxylic acids is 1. The molecule has 1 rings (SSSR count). The molecule has 0 saturated carbocycles. The third kappa shape index (κ3) is 3.42. The largest absolute Gasteiger partial charge is 0.397 e. The Bertz CT molecular complexity index is 379. The minimum Gasteiger partial charge on any atom is -0.397 e. The summed E-state index contributed by atoms with van der Waals surface area (Å²) in [6.07, 6.45) is 0.350. The molecule has 0 bridgehead atoms. The number of nitrogen functional groups attached to an aromatic ring is 1. The summed E-state index contributed by atoms with van der Waals surface area (Å²) < 4.78 is 12.9. The Balaban J connectivity index is 2.49. The maximum atomic E-state index is 12.9. The van der Waals surface area contributed by atoms with E-state index in [1.54, 1.807) is 14.1 Å². The van der Waals surface area contributed by atoms with Crippen LogP contribution in [0.5, 0.6) is 0 Å². The number of rotatable bonds is 4. The van der Waals surface area contributed by atoms with Gasteiger partial charge in [-0.05, 0) is 18.2 Å². The van der Waals surface area contributed by atoms with Crippen molar-refractivity contribution in [3.05, 3.63) is 24.0 Å². The highest BCUT2D eigenvalue weighted by atomic mass is 19.1. The molecule has 1 amide bonds. The van der Waals surface area contributed by atoms with Crippen molar-refractivity contribution >= 4 is 17.3 Å². The van der Waals surface area contributed by atoms with Crippen molar-refractivity contribution in [1.29, 1.82) is 0 Å². The van der Waals surface area contributed by atoms with E-state index in [1.165, 1.54) is 23.1 Å². The molecule has 0 aliphatic heterocycles. The summed E-state index contributed by atoms with van der Waals surface area (Å²) in [5, 5.41) is 2.93. The van der Waals surface area contributed by atoms with Gasteiger partial charge in [-0.1, -0.05) is 0 Å². The second-order valence-corrected chi connectivity index (χ2v) is 3.70. The van der Waals surface area contributed by atoms with Crippen LogP contribution in [0.3, 0.4) is 0 Å². The van der Waals surface area contributed by atoms with E-state index >= 15 is 0 Å². The zero-order chi connectivity index (χ0) is 12.1. The van der Waals surface area contributed by atoms with Gasteiger partial charge in [0.2, 0.25) is 5.91 Å². The second-order valence-electron chi connectivity index (χ2n) is 3.70. The van der Waals surface area contributed by atoms with Crippen molar-refractivity contribution in [3.63, 3.8) is 0 Å². The molecule has 0 aliphatic carbocycles. The molecule has 0 aromatic heterocycles. The van der Waals surface area contributed by atoms with E-state index in [1.807, 2.05) is 0 Å². The van der Waals surface area contributed by atoms with E-state index in [0.29, 0.717) is 24.3 Å². The van der Waals surface area contributed by atoms with Crippen molar-refractivity contribution in [2.24, 2.45) is 0 Å². The molecule has 0 heterocycles. The number of anilines is 2. The summed E-state index contributed by atoms with van der Waals surface area (Å²) in [4.78, 5) is 12.8. The Morgan fingerprint density at radius 3 is 2.81 bits per heavy atom. The lowest BCUT2D eigenvalue weighted by atomic mass is 10.2. The van der Waals surface area contributed by atoms with Crippen LogP contribution < -0.4 is 11.1 Å². The summed E-state index contributed by atoms with van der Waals surface area (Å²) in [6, 6.07) is 4.10. The number of amides is 1. The molecule has 1 aromatic carbocycles. The fraction of sp³-hybridized carbons (Fsp3) is 0.364. The highest BCUT2D eigenvalue weighted by Crippen LogP contribution is 2.18. The minimum atomic E-state index is -0.351. The van der Waals surface area contributed by atoms with Gasteiger partial charge in [-0.25, -0.2) is 4.39 Å². The molecule has 0 radical (unpaired) electrons. The van der Waals surface area contributed by atoms with E-state index in [0.717, 1.165) is 0 Å². The number of halogens is 1. The van der Waals surface area contributed by atoms with Crippen LogP contribution in [0, 0.1) is 5.82 Å². The van der Waals surface area contributed by atoms with Gasteiger partial charge in [-0.2, -0.15) is 0 Å². The lowest BCUT2D eigenvalue weighted by molar-refractivity contribution is -0.128. The molecule has 0 aliphatic rings. The Kier molecular flexibility index (Phi) is 4.10. The molecule has 0 spiro atoms. The Hall–Kier alpha value is -1.78. The predicted octanol–water partition coefficient (Wildman–Crippen LogP) is 1.30. The van der Waals surface area contributed by atoms with Crippen LogP contribution >= 0.6 is 0 Å². The molecule has 16 heavy (non-hydrogen) atoms. The first-order valence-corrected chi connectivity index (χ1v) is 4.99. The van der Waals surface area contributed by atoms with Crippen molar-refractivity contribution in [2.75, 3.05) is 31.7 Å². The molecular weight excluding hydrogens is 209 g/mol. The fourth-order valence-electron chi connectivity index (χ4n) is 1.21. The Labute approximate surface area is 94.2 Å². The number of nitrogens with one attached hydrogen (secondary N) is 1. The first kappa shape index (κ1) is 12.3. The van der Waals surface area contributed by atoms with Gasteiger partial charge >= 0.3 is 0 Å². The van der Waals surface area contributed by atoms with Crippen LogP contribution in [0.1, 0.15) is 6.42 Å². The van der Waals surface area contributed by atoms with Crippen molar-refractivity contribution < 1.29 is 9.18 Å². The summed E-state index contributed by atoms with van der Waals surface area (Å²) in [6.45, 7) is 0.435. The van der Waals surface area contributed by atoms with Crippen LogP contribution in [-0.2, 0) is 4.79 Å². The average molecular weight is 225 g/mol. The SMILES string of the molecule is CN(C)C(=O)CCNc1cc(F)ccc1N. The summed E-state index contributed by atoms with van der Waals surface area (Å²) in [5.41, 5.74) is 6.63. The number of carbonyl (C=O) groups is 1. The minimum absolute atomic E-state index is 0.0162. The van der Waals surface area contributed by atoms with Crippen molar-refractivity contribution in [1.82, 2.24) is 4.90 Å². The van der Waals surface area contributed by atoms with Crippen LogP contribution in [0.25, 0.3) is 0 Å². The summed E-state index contributed by atoms with van der Waals surface area (Å²) in [5.74, 6) is -0.335. The summed E-state index contributed by atoms with van der Waals surface area (Å²) >= 11 is 0. The van der Waals surface area contributed by atoms with Gasteiger partial charge < -0.3 is 16.0 Å². The van der Waals surface area contributed by atoms with Crippen molar-refractivity contribution in [3.8, 4) is 0 Å². The molecular formula is C11H16FN3O. The molecule has 3 N–H and O–H groups in total. The maximum Gasteiger partial charge on any atom is 0.223 e. The number of benzene rings is 1. The molecule has 0 saturated heterocycles. The van der Waals surface area contributed by atoms with E-state index in [9.17, 15) is 9.18 Å². The zero-order valence-corrected chi connectivity index (χ0v) is 9.46. The molecule has 5 heteroatoms. The van der Waals surface area contributed by atoms with Gasteiger partial charge in [-0.3, -0.25) is 4.79 Å². The van der Waals surface area contributed by atoms with Crippen LogP contribution in [0.15, 0.2) is 18.2 Å². The quantitative estimate of drug-likeness (QED) is 0.759. The second kappa shape index (κ2) is 5.34. The van der Waals surface area contributed by atoms with Gasteiger partial charge in [0.15, 0.2) is 0 Å². The lowest BCUT2D eigenvalue weighted by Crippen LogP contribution is -2.24. The average Bonchev–Trinajstić information content (AvgIpc) is 2.22. The van der Waals surface area contributed by atoms with Gasteiger partial charge in [0.05, 0.1) is 11.4 Å². The Morgan fingerprint density at radius 1 is 1.50 bits per heavy atom. The molecule has 1 aromatic rings. The maximum absolute atomic E-state index is 12.9. The van der Waals surface area contributed by atoms with E-state index < -0.39 is 0 Å². The summed E-state index contributed by atoms with van der Waals surface area (Å²) in [7, 11) is 3.39. The molecule has 0 unspecified atom stereocenters. The predicted molar refractivity (Wildman–Crippen MR) is 62.6 cm³/mol. The van der Waals surface area contributed by atoms with E-state index in [2.05, 4.69) is 5.32 Å².